The molecular weight excluding hydrogens is 370 g/mol. The number of nitrogens with zero attached hydrogens (tertiary/aromatic N) is 7. The third kappa shape index (κ3) is 3.82. The molecule has 0 spiro atoms. The number of aryl methyl sites for hydroxylation is 3. The highest BCUT2D eigenvalue weighted by Crippen LogP contribution is 2.26. The van der Waals surface area contributed by atoms with Crippen molar-refractivity contribution in [3.8, 4) is 0 Å². The second kappa shape index (κ2) is 7.61. The van der Waals surface area contributed by atoms with Crippen LogP contribution in [0.4, 0.5) is 11.6 Å². The molecule has 0 radical (unpaired) electrons. The maximum atomic E-state index is 5.86. The molecule has 0 aliphatic rings. The van der Waals surface area contributed by atoms with E-state index < -0.39 is 0 Å². The van der Waals surface area contributed by atoms with E-state index >= 15 is 0 Å². The maximum Gasteiger partial charge on any atom is 0.227 e. The van der Waals surface area contributed by atoms with Crippen LogP contribution in [0.5, 0.6) is 0 Å². The number of fused-ring (bicyclic) bond motifs is 2. The van der Waals surface area contributed by atoms with Gasteiger partial charge >= 0.3 is 0 Å². The van der Waals surface area contributed by atoms with E-state index in [0.29, 0.717) is 34.8 Å². The van der Waals surface area contributed by atoms with Gasteiger partial charge in [0.05, 0.1) is 5.69 Å². The fourth-order valence-electron chi connectivity index (χ4n) is 3.10. The smallest absolute Gasteiger partial charge is 0.227 e. The number of rotatable bonds is 2. The molecule has 29 heavy (non-hydrogen) atoms. The lowest BCUT2D eigenvalue weighted by molar-refractivity contribution is 0.442. The maximum absolute atomic E-state index is 5.86. The Hall–Kier alpha value is -3.30. The lowest BCUT2D eigenvalue weighted by Crippen LogP contribution is -2.00. The van der Waals surface area contributed by atoms with Gasteiger partial charge in [-0.05, 0) is 19.8 Å². The number of nitrogen functional groups attached to an aromatic ring is 2. The van der Waals surface area contributed by atoms with Gasteiger partial charge in [-0.2, -0.15) is 5.10 Å². The molecule has 4 N–H and O–H groups in total. The van der Waals surface area contributed by atoms with Gasteiger partial charge in [-0.25, -0.2) is 19.9 Å². The average molecular weight is 397 g/mol. The Morgan fingerprint density at radius 1 is 0.793 bits per heavy atom. The Bertz CT molecular complexity index is 1170. The van der Waals surface area contributed by atoms with Gasteiger partial charge in [0, 0.05) is 13.0 Å². The molecule has 0 aliphatic heterocycles. The summed E-state index contributed by atoms with van der Waals surface area (Å²) >= 11 is 0. The van der Waals surface area contributed by atoms with E-state index in [4.69, 9.17) is 16.0 Å². The Labute approximate surface area is 168 Å². The van der Waals surface area contributed by atoms with Crippen molar-refractivity contribution >= 4 is 33.8 Å². The molecule has 0 atom stereocenters. The summed E-state index contributed by atoms with van der Waals surface area (Å²) in [6.45, 7) is 11.9. The van der Waals surface area contributed by atoms with Crippen molar-refractivity contribution in [3.63, 3.8) is 0 Å². The zero-order valence-electron chi connectivity index (χ0n) is 17.8. The van der Waals surface area contributed by atoms with Gasteiger partial charge in [0.1, 0.15) is 33.9 Å². The molecule has 4 aromatic heterocycles. The van der Waals surface area contributed by atoms with Gasteiger partial charge in [-0.3, -0.25) is 4.68 Å². The minimum absolute atomic E-state index is 0.268. The normalized spacial score (nSPS) is 11.5. The summed E-state index contributed by atoms with van der Waals surface area (Å²) in [5.74, 6) is 2.79. The van der Waals surface area contributed by atoms with Gasteiger partial charge < -0.3 is 16.0 Å². The third-order valence-electron chi connectivity index (χ3n) is 4.42. The van der Waals surface area contributed by atoms with E-state index in [2.05, 4.69) is 44.0 Å². The number of nitrogens with two attached hydrogens (primary N) is 2. The van der Waals surface area contributed by atoms with Crippen LogP contribution in [0.2, 0.25) is 0 Å². The quantitative estimate of drug-likeness (QED) is 0.520. The highest BCUT2D eigenvalue weighted by Gasteiger charge is 2.17. The predicted octanol–water partition coefficient (Wildman–Crippen LogP) is 3.01. The average Bonchev–Trinajstić information content (AvgIpc) is 3.17. The summed E-state index contributed by atoms with van der Waals surface area (Å²) in [5, 5.41) is 8.36. The van der Waals surface area contributed by atoms with Crippen LogP contribution in [0.15, 0.2) is 4.52 Å². The van der Waals surface area contributed by atoms with Crippen molar-refractivity contribution in [2.24, 2.45) is 7.05 Å². The highest BCUT2D eigenvalue weighted by molar-refractivity contribution is 5.87. The SMILES string of the molecule is Cc1nc(N)c2c(n1)c(C(C)C)nn2C.Cc1nc(N)c2onc(C(C)C)c2n1. The highest BCUT2D eigenvalue weighted by atomic mass is 16.5. The summed E-state index contributed by atoms with van der Waals surface area (Å²) in [7, 11) is 1.86. The Morgan fingerprint density at radius 2 is 1.34 bits per heavy atom. The van der Waals surface area contributed by atoms with Gasteiger partial charge in [0.2, 0.25) is 5.58 Å². The van der Waals surface area contributed by atoms with Crippen LogP contribution in [-0.2, 0) is 7.05 Å². The molecule has 10 heteroatoms. The van der Waals surface area contributed by atoms with Crippen molar-refractivity contribution < 1.29 is 4.52 Å². The number of anilines is 2. The summed E-state index contributed by atoms with van der Waals surface area (Å²) in [4.78, 5) is 16.8. The molecule has 0 saturated heterocycles. The van der Waals surface area contributed by atoms with E-state index in [0.717, 1.165) is 27.9 Å². The first-order valence-electron chi connectivity index (χ1n) is 9.46. The first-order valence-corrected chi connectivity index (χ1v) is 9.46. The Kier molecular flexibility index (Phi) is 5.36. The van der Waals surface area contributed by atoms with Crippen molar-refractivity contribution in [2.75, 3.05) is 11.5 Å². The molecule has 4 heterocycles. The molecule has 0 amide bonds. The number of aromatic nitrogens is 7. The van der Waals surface area contributed by atoms with Crippen LogP contribution in [0.3, 0.4) is 0 Å². The number of hydrogen-bond donors (Lipinski definition) is 2. The molecule has 4 aromatic rings. The molecule has 154 valence electrons. The fraction of sp³-hybridized carbons (Fsp3) is 0.474. The lowest BCUT2D eigenvalue weighted by Gasteiger charge is -2.01. The molecule has 0 bridgehead atoms. The molecule has 4 rings (SSSR count). The first kappa shape index (κ1) is 20.4. The van der Waals surface area contributed by atoms with Crippen molar-refractivity contribution in [2.45, 2.75) is 53.4 Å². The van der Waals surface area contributed by atoms with Crippen LogP contribution in [0.25, 0.3) is 22.1 Å². The predicted molar refractivity (Wildman–Crippen MR) is 112 cm³/mol. The molecule has 0 aliphatic carbocycles. The summed E-state index contributed by atoms with van der Waals surface area (Å²) in [6.07, 6.45) is 0. The van der Waals surface area contributed by atoms with Crippen molar-refractivity contribution in [3.05, 3.63) is 23.0 Å². The summed E-state index contributed by atoms with van der Waals surface area (Å²) < 4.78 is 6.85. The number of hydrogen-bond acceptors (Lipinski definition) is 9. The van der Waals surface area contributed by atoms with E-state index in [1.54, 1.807) is 11.6 Å². The lowest BCUT2D eigenvalue weighted by atomic mass is 10.1. The van der Waals surface area contributed by atoms with Crippen LogP contribution < -0.4 is 11.5 Å². The van der Waals surface area contributed by atoms with Crippen molar-refractivity contribution in [1.29, 1.82) is 0 Å². The monoisotopic (exact) mass is 397 g/mol. The van der Waals surface area contributed by atoms with Crippen LogP contribution in [-0.4, -0.2) is 34.9 Å². The largest absolute Gasteiger partial charge is 0.382 e. The molecule has 0 unspecified atom stereocenters. The second-order valence-electron chi connectivity index (χ2n) is 7.57. The molecule has 0 aromatic carbocycles. The van der Waals surface area contributed by atoms with Crippen LogP contribution in [0.1, 0.15) is 62.6 Å². The van der Waals surface area contributed by atoms with Crippen molar-refractivity contribution in [1.82, 2.24) is 34.9 Å². The molecular formula is C19H27N9O. The van der Waals surface area contributed by atoms with E-state index in [1.165, 1.54) is 0 Å². The molecule has 0 saturated carbocycles. The van der Waals surface area contributed by atoms with E-state index in [1.807, 2.05) is 27.8 Å². The summed E-state index contributed by atoms with van der Waals surface area (Å²) in [6, 6.07) is 0. The van der Waals surface area contributed by atoms with E-state index in [-0.39, 0.29) is 5.92 Å². The summed E-state index contributed by atoms with van der Waals surface area (Å²) in [5.41, 5.74) is 16.3. The Balaban J connectivity index is 0.000000166. The van der Waals surface area contributed by atoms with Gasteiger partial charge in [-0.15, -0.1) is 0 Å². The standard InChI is InChI=1S/C10H15N5.C9H12N4O/c1-5(2)7-8-9(15(4)14-7)10(11)13-6(3)12-8;1-4(2)6-7-8(14-13-6)9(10)12-5(3)11-7/h5H,1-4H3,(H2,11,12,13);4H,1-3H3,(H2,10,11,12). The third-order valence-corrected chi connectivity index (χ3v) is 4.42. The zero-order chi connectivity index (χ0) is 21.5. The topological polar surface area (TPSA) is 147 Å². The first-order chi connectivity index (χ1) is 13.6. The molecule has 10 nitrogen and oxygen atoms in total. The van der Waals surface area contributed by atoms with Crippen LogP contribution in [0, 0.1) is 13.8 Å². The zero-order valence-corrected chi connectivity index (χ0v) is 17.8. The van der Waals surface area contributed by atoms with Gasteiger partial charge in [0.25, 0.3) is 0 Å². The minimum atomic E-state index is 0.268. The molecule has 0 fully saturated rings. The van der Waals surface area contributed by atoms with Gasteiger partial charge in [0.15, 0.2) is 11.6 Å². The van der Waals surface area contributed by atoms with Gasteiger partial charge in [-0.1, -0.05) is 32.9 Å². The second-order valence-corrected chi connectivity index (χ2v) is 7.57. The Morgan fingerprint density at radius 3 is 1.93 bits per heavy atom. The van der Waals surface area contributed by atoms with E-state index in [9.17, 15) is 0 Å². The fourth-order valence-corrected chi connectivity index (χ4v) is 3.10. The van der Waals surface area contributed by atoms with Crippen LogP contribution >= 0.6 is 0 Å². The minimum Gasteiger partial charge on any atom is -0.382 e.